The number of halogens is 2. The minimum atomic E-state index is -0.838. The van der Waals surface area contributed by atoms with Crippen molar-refractivity contribution in [2.45, 2.75) is 6.92 Å². The summed E-state index contributed by atoms with van der Waals surface area (Å²) in [6.45, 7) is 1.53. The summed E-state index contributed by atoms with van der Waals surface area (Å²) in [5, 5.41) is 0. The standard InChI is InChI=1S/C14H12F2O/c1-9-7-8-11(14(16)13(9)15)10-5-3-4-6-12(10)17-2/h3-8H,1-2H3. The highest BCUT2D eigenvalue weighted by molar-refractivity contribution is 5.71. The van der Waals surface area contributed by atoms with Crippen LogP contribution in [0.5, 0.6) is 5.75 Å². The number of para-hydroxylation sites is 1. The van der Waals surface area contributed by atoms with Crippen molar-refractivity contribution in [3.63, 3.8) is 0 Å². The first-order chi connectivity index (χ1) is 8.15. The lowest BCUT2D eigenvalue weighted by molar-refractivity contribution is 0.416. The minimum absolute atomic E-state index is 0.213. The van der Waals surface area contributed by atoms with Crippen LogP contribution in [0.1, 0.15) is 5.56 Å². The quantitative estimate of drug-likeness (QED) is 0.764. The third-order valence-corrected chi connectivity index (χ3v) is 2.67. The molecule has 0 N–H and O–H groups in total. The summed E-state index contributed by atoms with van der Waals surface area (Å²) in [6.07, 6.45) is 0. The molecule has 88 valence electrons. The van der Waals surface area contributed by atoms with Crippen LogP contribution in [0.4, 0.5) is 8.78 Å². The first-order valence-electron chi connectivity index (χ1n) is 5.23. The van der Waals surface area contributed by atoms with Crippen molar-refractivity contribution in [3.8, 4) is 16.9 Å². The Hall–Kier alpha value is -1.90. The second kappa shape index (κ2) is 4.53. The highest BCUT2D eigenvalue weighted by Gasteiger charge is 2.15. The van der Waals surface area contributed by atoms with Crippen LogP contribution in [0.3, 0.4) is 0 Å². The summed E-state index contributed by atoms with van der Waals surface area (Å²) in [7, 11) is 1.50. The van der Waals surface area contributed by atoms with Gasteiger partial charge in [0.25, 0.3) is 0 Å². The van der Waals surface area contributed by atoms with Crippen molar-refractivity contribution in [1.82, 2.24) is 0 Å². The summed E-state index contributed by atoms with van der Waals surface area (Å²) in [6, 6.07) is 10.1. The lowest BCUT2D eigenvalue weighted by Gasteiger charge is -2.10. The van der Waals surface area contributed by atoms with Gasteiger partial charge in [0.2, 0.25) is 0 Å². The number of rotatable bonds is 2. The van der Waals surface area contributed by atoms with Gasteiger partial charge >= 0.3 is 0 Å². The molecule has 0 radical (unpaired) electrons. The molecule has 0 bridgehead atoms. The van der Waals surface area contributed by atoms with E-state index in [0.29, 0.717) is 16.9 Å². The predicted octanol–water partition coefficient (Wildman–Crippen LogP) is 3.95. The molecule has 0 aliphatic rings. The van der Waals surface area contributed by atoms with Gasteiger partial charge in [-0.3, -0.25) is 0 Å². The molecule has 0 aromatic heterocycles. The van der Waals surface area contributed by atoms with E-state index in [9.17, 15) is 8.78 Å². The summed E-state index contributed by atoms with van der Waals surface area (Å²) in [5.41, 5.74) is 1.05. The fourth-order valence-electron chi connectivity index (χ4n) is 1.72. The fraction of sp³-hybridized carbons (Fsp3) is 0.143. The van der Waals surface area contributed by atoms with Crippen molar-refractivity contribution in [3.05, 3.63) is 53.6 Å². The molecule has 2 aromatic rings. The van der Waals surface area contributed by atoms with Gasteiger partial charge in [0, 0.05) is 11.1 Å². The zero-order valence-electron chi connectivity index (χ0n) is 9.63. The van der Waals surface area contributed by atoms with Crippen LogP contribution in [0.25, 0.3) is 11.1 Å². The lowest BCUT2D eigenvalue weighted by atomic mass is 10.0. The van der Waals surface area contributed by atoms with E-state index in [-0.39, 0.29) is 5.56 Å². The molecule has 1 nitrogen and oxygen atoms in total. The Kier molecular flexibility index (Phi) is 3.09. The van der Waals surface area contributed by atoms with Gasteiger partial charge in [-0.2, -0.15) is 0 Å². The van der Waals surface area contributed by atoms with Gasteiger partial charge in [0.15, 0.2) is 11.6 Å². The highest BCUT2D eigenvalue weighted by Crippen LogP contribution is 2.32. The zero-order valence-corrected chi connectivity index (χ0v) is 9.63. The van der Waals surface area contributed by atoms with Gasteiger partial charge in [0.05, 0.1) is 7.11 Å². The molecular formula is C14H12F2O. The van der Waals surface area contributed by atoms with Crippen molar-refractivity contribution >= 4 is 0 Å². The van der Waals surface area contributed by atoms with Gasteiger partial charge in [0.1, 0.15) is 5.75 Å². The minimum Gasteiger partial charge on any atom is -0.496 e. The number of hydrogen-bond donors (Lipinski definition) is 0. The maximum absolute atomic E-state index is 13.8. The molecule has 0 atom stereocenters. The molecule has 0 spiro atoms. The van der Waals surface area contributed by atoms with E-state index >= 15 is 0 Å². The maximum atomic E-state index is 13.8. The fourth-order valence-corrected chi connectivity index (χ4v) is 1.72. The number of aryl methyl sites for hydroxylation is 1. The monoisotopic (exact) mass is 234 g/mol. The molecule has 0 heterocycles. The number of ether oxygens (including phenoxy) is 1. The van der Waals surface area contributed by atoms with Gasteiger partial charge < -0.3 is 4.74 Å². The second-order valence-corrected chi connectivity index (χ2v) is 3.76. The summed E-state index contributed by atoms with van der Waals surface area (Å²) >= 11 is 0. The number of methoxy groups -OCH3 is 1. The maximum Gasteiger partial charge on any atom is 0.167 e. The van der Waals surface area contributed by atoms with E-state index in [4.69, 9.17) is 4.74 Å². The van der Waals surface area contributed by atoms with Gasteiger partial charge in [-0.25, -0.2) is 8.78 Å². The topological polar surface area (TPSA) is 9.23 Å². The van der Waals surface area contributed by atoms with Crippen molar-refractivity contribution in [2.24, 2.45) is 0 Å². The lowest BCUT2D eigenvalue weighted by Crippen LogP contribution is -1.95. The Morgan fingerprint density at radius 2 is 1.59 bits per heavy atom. The first-order valence-corrected chi connectivity index (χ1v) is 5.23. The van der Waals surface area contributed by atoms with Gasteiger partial charge in [-0.05, 0) is 18.6 Å². The van der Waals surface area contributed by atoms with E-state index < -0.39 is 11.6 Å². The predicted molar refractivity (Wildman–Crippen MR) is 63.1 cm³/mol. The van der Waals surface area contributed by atoms with E-state index in [1.807, 2.05) is 0 Å². The SMILES string of the molecule is COc1ccccc1-c1ccc(C)c(F)c1F. The van der Waals surface area contributed by atoms with E-state index in [1.165, 1.54) is 14.0 Å². The molecule has 2 aromatic carbocycles. The van der Waals surface area contributed by atoms with Crippen LogP contribution in [0.2, 0.25) is 0 Å². The average molecular weight is 234 g/mol. The molecular weight excluding hydrogens is 222 g/mol. The second-order valence-electron chi connectivity index (χ2n) is 3.76. The Labute approximate surface area is 98.7 Å². The molecule has 0 fully saturated rings. The summed E-state index contributed by atoms with van der Waals surface area (Å²) in [5.74, 6) is -1.13. The normalized spacial score (nSPS) is 10.4. The Morgan fingerprint density at radius 3 is 2.29 bits per heavy atom. The molecule has 0 aliphatic carbocycles. The van der Waals surface area contributed by atoms with E-state index in [2.05, 4.69) is 0 Å². The van der Waals surface area contributed by atoms with E-state index in [0.717, 1.165) is 0 Å². The molecule has 2 rings (SSSR count). The molecule has 17 heavy (non-hydrogen) atoms. The van der Waals surface area contributed by atoms with Crippen LogP contribution in [-0.2, 0) is 0 Å². The van der Waals surface area contributed by atoms with Crippen LogP contribution in [0.15, 0.2) is 36.4 Å². The first kappa shape index (κ1) is 11.6. The van der Waals surface area contributed by atoms with Crippen LogP contribution in [-0.4, -0.2) is 7.11 Å². The summed E-state index contributed by atoms with van der Waals surface area (Å²) < 4.78 is 32.5. The van der Waals surface area contributed by atoms with Gasteiger partial charge in [-0.15, -0.1) is 0 Å². The number of benzene rings is 2. The zero-order chi connectivity index (χ0) is 12.4. The summed E-state index contributed by atoms with van der Waals surface area (Å²) in [4.78, 5) is 0. The molecule has 0 saturated heterocycles. The van der Waals surface area contributed by atoms with E-state index in [1.54, 1.807) is 36.4 Å². The Bertz CT molecular complexity index is 550. The Balaban J connectivity index is 2.65. The van der Waals surface area contributed by atoms with Crippen LogP contribution >= 0.6 is 0 Å². The smallest absolute Gasteiger partial charge is 0.167 e. The molecule has 0 saturated carbocycles. The third-order valence-electron chi connectivity index (χ3n) is 2.67. The van der Waals surface area contributed by atoms with Gasteiger partial charge in [-0.1, -0.05) is 30.3 Å². The largest absolute Gasteiger partial charge is 0.496 e. The Morgan fingerprint density at radius 1 is 0.882 bits per heavy atom. The van der Waals surface area contributed by atoms with Crippen LogP contribution in [0, 0.1) is 18.6 Å². The van der Waals surface area contributed by atoms with Crippen LogP contribution < -0.4 is 4.74 Å². The third kappa shape index (κ3) is 2.00. The highest BCUT2D eigenvalue weighted by atomic mass is 19.2. The molecule has 0 amide bonds. The van der Waals surface area contributed by atoms with Crippen molar-refractivity contribution in [2.75, 3.05) is 7.11 Å². The van der Waals surface area contributed by atoms with Crippen molar-refractivity contribution in [1.29, 1.82) is 0 Å². The average Bonchev–Trinajstić information content (AvgIpc) is 2.36. The molecule has 0 unspecified atom stereocenters. The molecule has 0 aliphatic heterocycles. The molecule has 3 heteroatoms. The number of hydrogen-bond acceptors (Lipinski definition) is 1. The van der Waals surface area contributed by atoms with Crippen molar-refractivity contribution < 1.29 is 13.5 Å².